The van der Waals surface area contributed by atoms with Gasteiger partial charge in [-0.3, -0.25) is 9.48 Å². The molecule has 3 rings (SSSR count). The van der Waals surface area contributed by atoms with Crippen LogP contribution in [0.1, 0.15) is 53.6 Å². The molecule has 22 heavy (non-hydrogen) atoms. The van der Waals surface area contributed by atoms with Crippen molar-refractivity contribution in [3.05, 3.63) is 34.5 Å². The standard InChI is InChI=1S/C16H22N4O2/c1-10-12(11(2)22-19-10)7-8-16(21)18-14-5-4-6-15-13(14)9-17-20(15)3/h9,14H,4-8H2,1-3H3,(H,18,21)/t14-/m0/s1. The molecule has 6 heteroatoms. The van der Waals surface area contributed by atoms with Crippen LogP contribution in [0.3, 0.4) is 0 Å². The van der Waals surface area contributed by atoms with Gasteiger partial charge in [0.2, 0.25) is 5.91 Å². The lowest BCUT2D eigenvalue weighted by Gasteiger charge is -2.23. The third kappa shape index (κ3) is 2.77. The van der Waals surface area contributed by atoms with Crippen molar-refractivity contribution in [2.45, 2.75) is 52.0 Å². The summed E-state index contributed by atoms with van der Waals surface area (Å²) < 4.78 is 7.05. The quantitative estimate of drug-likeness (QED) is 0.939. The molecule has 0 fully saturated rings. The van der Waals surface area contributed by atoms with Crippen LogP contribution in [0.2, 0.25) is 0 Å². The second-order valence-electron chi connectivity index (χ2n) is 5.99. The van der Waals surface area contributed by atoms with Crippen LogP contribution < -0.4 is 5.32 Å². The van der Waals surface area contributed by atoms with Gasteiger partial charge < -0.3 is 9.84 Å². The molecule has 2 aromatic rings. The molecule has 0 bridgehead atoms. The van der Waals surface area contributed by atoms with Gasteiger partial charge in [0.25, 0.3) is 0 Å². The van der Waals surface area contributed by atoms with E-state index in [9.17, 15) is 4.79 Å². The number of nitrogens with one attached hydrogen (secondary N) is 1. The Labute approximate surface area is 129 Å². The minimum Gasteiger partial charge on any atom is -0.361 e. The van der Waals surface area contributed by atoms with E-state index in [1.807, 2.05) is 31.8 Å². The zero-order chi connectivity index (χ0) is 15.7. The fraction of sp³-hybridized carbons (Fsp3) is 0.562. The van der Waals surface area contributed by atoms with E-state index in [1.54, 1.807) is 0 Å². The van der Waals surface area contributed by atoms with Crippen molar-refractivity contribution < 1.29 is 9.32 Å². The summed E-state index contributed by atoms with van der Waals surface area (Å²) in [5.74, 6) is 0.874. The Morgan fingerprint density at radius 2 is 2.32 bits per heavy atom. The number of aromatic nitrogens is 3. The molecule has 118 valence electrons. The lowest BCUT2D eigenvalue weighted by molar-refractivity contribution is -0.121. The number of fused-ring (bicyclic) bond motifs is 1. The van der Waals surface area contributed by atoms with Gasteiger partial charge in [0.05, 0.1) is 17.9 Å². The number of hydrogen-bond donors (Lipinski definition) is 1. The summed E-state index contributed by atoms with van der Waals surface area (Å²) in [7, 11) is 1.96. The van der Waals surface area contributed by atoms with E-state index < -0.39 is 0 Å². The summed E-state index contributed by atoms with van der Waals surface area (Å²) in [6, 6.07) is 0.0922. The molecule has 1 amide bonds. The average Bonchev–Trinajstić information content (AvgIpc) is 3.02. The Kier molecular flexibility index (Phi) is 4.00. The van der Waals surface area contributed by atoms with Gasteiger partial charge in [-0.2, -0.15) is 5.10 Å². The molecule has 0 unspecified atom stereocenters. The molecular weight excluding hydrogens is 280 g/mol. The van der Waals surface area contributed by atoms with Gasteiger partial charge in [-0.15, -0.1) is 0 Å². The van der Waals surface area contributed by atoms with Gasteiger partial charge >= 0.3 is 0 Å². The highest BCUT2D eigenvalue weighted by atomic mass is 16.5. The van der Waals surface area contributed by atoms with Gasteiger partial charge in [-0.05, 0) is 39.5 Å². The molecule has 0 spiro atoms. The Morgan fingerprint density at radius 1 is 1.50 bits per heavy atom. The monoisotopic (exact) mass is 302 g/mol. The van der Waals surface area contributed by atoms with Crippen LogP contribution in [-0.2, 0) is 24.7 Å². The van der Waals surface area contributed by atoms with Crippen LogP contribution in [0, 0.1) is 13.8 Å². The summed E-state index contributed by atoms with van der Waals surface area (Å²) in [6.07, 6.45) is 6.11. The fourth-order valence-electron chi connectivity index (χ4n) is 3.22. The summed E-state index contributed by atoms with van der Waals surface area (Å²) >= 11 is 0. The van der Waals surface area contributed by atoms with Gasteiger partial charge in [0.1, 0.15) is 5.76 Å². The molecule has 0 saturated heterocycles. The predicted molar refractivity (Wildman–Crippen MR) is 81.3 cm³/mol. The molecule has 1 aliphatic rings. The van der Waals surface area contributed by atoms with Crippen molar-refractivity contribution >= 4 is 5.91 Å². The van der Waals surface area contributed by atoms with E-state index in [4.69, 9.17) is 4.52 Å². The van der Waals surface area contributed by atoms with Crippen molar-refractivity contribution in [2.24, 2.45) is 7.05 Å². The topological polar surface area (TPSA) is 73.0 Å². The molecule has 0 aliphatic heterocycles. The lowest BCUT2D eigenvalue weighted by atomic mass is 9.93. The van der Waals surface area contributed by atoms with Crippen LogP contribution in [0.15, 0.2) is 10.7 Å². The van der Waals surface area contributed by atoms with E-state index in [1.165, 1.54) is 11.3 Å². The highest BCUT2D eigenvalue weighted by Crippen LogP contribution is 2.29. The fourth-order valence-corrected chi connectivity index (χ4v) is 3.22. The highest BCUT2D eigenvalue weighted by molar-refractivity contribution is 5.76. The maximum Gasteiger partial charge on any atom is 0.220 e. The number of carbonyl (C=O) groups is 1. The predicted octanol–water partition coefficient (Wildman–Crippen LogP) is 2.15. The molecule has 2 aromatic heterocycles. The maximum atomic E-state index is 12.3. The van der Waals surface area contributed by atoms with E-state index in [0.717, 1.165) is 36.3 Å². The normalized spacial score (nSPS) is 17.3. The smallest absolute Gasteiger partial charge is 0.220 e. The Bertz CT molecular complexity index is 667. The molecular formula is C16H22N4O2. The minimum atomic E-state index is 0.0710. The van der Waals surface area contributed by atoms with Gasteiger partial charge in [0, 0.05) is 30.3 Å². The van der Waals surface area contributed by atoms with Crippen LogP contribution in [0.4, 0.5) is 0 Å². The first-order chi connectivity index (χ1) is 10.6. The van der Waals surface area contributed by atoms with E-state index >= 15 is 0 Å². The molecule has 6 nitrogen and oxygen atoms in total. The van der Waals surface area contributed by atoms with Crippen molar-refractivity contribution in [3.8, 4) is 0 Å². The van der Waals surface area contributed by atoms with Crippen molar-refractivity contribution in [2.75, 3.05) is 0 Å². The summed E-state index contributed by atoms with van der Waals surface area (Å²) in [5.41, 5.74) is 4.32. The summed E-state index contributed by atoms with van der Waals surface area (Å²) in [4.78, 5) is 12.3. The van der Waals surface area contributed by atoms with Crippen molar-refractivity contribution in [3.63, 3.8) is 0 Å². The lowest BCUT2D eigenvalue weighted by Crippen LogP contribution is -2.31. The second kappa shape index (κ2) is 5.94. The molecule has 0 radical (unpaired) electrons. The van der Waals surface area contributed by atoms with Crippen molar-refractivity contribution in [1.29, 1.82) is 0 Å². The van der Waals surface area contributed by atoms with Crippen molar-refractivity contribution in [1.82, 2.24) is 20.3 Å². The molecule has 1 N–H and O–H groups in total. The van der Waals surface area contributed by atoms with Crippen LogP contribution in [-0.4, -0.2) is 20.8 Å². The van der Waals surface area contributed by atoms with Gasteiger partial charge in [0.15, 0.2) is 0 Å². The Balaban J connectivity index is 1.61. The number of amides is 1. The Hall–Kier alpha value is -2.11. The van der Waals surface area contributed by atoms with Crippen LogP contribution >= 0.6 is 0 Å². The third-order valence-corrected chi connectivity index (χ3v) is 4.49. The number of carbonyl (C=O) groups excluding carboxylic acids is 1. The number of aryl methyl sites for hydroxylation is 3. The van der Waals surface area contributed by atoms with Gasteiger partial charge in [-0.1, -0.05) is 5.16 Å². The summed E-state index contributed by atoms with van der Waals surface area (Å²) in [5, 5.41) is 11.4. The largest absolute Gasteiger partial charge is 0.361 e. The Morgan fingerprint density at radius 3 is 3.05 bits per heavy atom. The summed E-state index contributed by atoms with van der Waals surface area (Å²) in [6.45, 7) is 3.79. The van der Waals surface area contributed by atoms with Crippen LogP contribution in [0.5, 0.6) is 0 Å². The highest BCUT2D eigenvalue weighted by Gasteiger charge is 2.24. The third-order valence-electron chi connectivity index (χ3n) is 4.49. The number of rotatable bonds is 4. The van der Waals surface area contributed by atoms with E-state index in [0.29, 0.717) is 12.8 Å². The molecule has 0 aromatic carbocycles. The first kappa shape index (κ1) is 14.8. The van der Waals surface area contributed by atoms with Crippen LogP contribution in [0.25, 0.3) is 0 Å². The molecule has 1 atom stereocenters. The second-order valence-corrected chi connectivity index (χ2v) is 5.99. The first-order valence-corrected chi connectivity index (χ1v) is 7.78. The molecule has 0 saturated carbocycles. The number of nitrogens with zero attached hydrogens (tertiary/aromatic N) is 3. The molecule has 2 heterocycles. The van der Waals surface area contributed by atoms with E-state index in [-0.39, 0.29) is 11.9 Å². The average molecular weight is 302 g/mol. The molecule has 1 aliphatic carbocycles. The zero-order valence-corrected chi connectivity index (χ0v) is 13.3. The maximum absolute atomic E-state index is 12.3. The van der Waals surface area contributed by atoms with Gasteiger partial charge in [-0.25, -0.2) is 0 Å². The SMILES string of the molecule is Cc1noc(C)c1CCC(=O)N[C@H]1CCCc2c1cnn2C. The minimum absolute atomic E-state index is 0.0710. The van der Waals surface area contributed by atoms with E-state index in [2.05, 4.69) is 15.6 Å². The number of hydrogen-bond acceptors (Lipinski definition) is 4. The first-order valence-electron chi connectivity index (χ1n) is 7.78. The zero-order valence-electron chi connectivity index (χ0n) is 13.3.